The Kier molecular flexibility index (Phi) is 13.9. The molecule has 0 aromatic carbocycles. The molecule has 3 saturated heterocycles. The van der Waals surface area contributed by atoms with Crippen LogP contribution in [0.1, 0.15) is 119 Å². The first kappa shape index (κ1) is 47.6. The summed E-state index contributed by atoms with van der Waals surface area (Å²) >= 11 is 0. The molecule has 18 heteroatoms. The number of fused-ring (bicyclic) bond motifs is 5. The Labute approximate surface area is 374 Å². The fourth-order valence-corrected chi connectivity index (χ4v) is 13.5. The van der Waals surface area contributed by atoms with Gasteiger partial charge in [0, 0.05) is 30.8 Å². The Morgan fingerprint density at radius 1 is 0.766 bits per heavy atom. The summed E-state index contributed by atoms with van der Waals surface area (Å²) < 4.78 is 52.5. The van der Waals surface area contributed by atoms with Crippen molar-refractivity contribution in [3.8, 4) is 0 Å². The van der Waals surface area contributed by atoms with Crippen LogP contribution in [-0.2, 0) is 57.0 Å². The van der Waals surface area contributed by atoms with Gasteiger partial charge >= 0.3 is 23.6 Å². The highest BCUT2D eigenvalue weighted by Gasteiger charge is 2.68. The van der Waals surface area contributed by atoms with Crippen LogP contribution in [0.4, 0.5) is 0 Å². The SMILES string of the molecule is CCOC(=O)C(=[N+]=[N-])C(=O)OC1C(O)CC(OC2C(O)CC(OC3C(O)CC(OC4CCC5(C)C(CCC6C5CCC5(C)C(C7=CC(=O)OC7)CCC65O)C4)OC3C)OC2C)OC1C. The summed E-state index contributed by atoms with van der Waals surface area (Å²) in [6, 6.07) is 0. The average molecular weight is 905 g/mol. The Morgan fingerprint density at radius 2 is 1.36 bits per heavy atom. The van der Waals surface area contributed by atoms with Gasteiger partial charge in [0.1, 0.15) is 18.8 Å². The van der Waals surface area contributed by atoms with Crippen LogP contribution in [0, 0.1) is 34.5 Å². The average Bonchev–Trinajstić information content (AvgIpc) is 3.78. The monoisotopic (exact) mass is 904 g/mol. The summed E-state index contributed by atoms with van der Waals surface area (Å²) in [4.78, 5) is 39.1. The molecule has 0 radical (unpaired) electrons. The second-order valence-corrected chi connectivity index (χ2v) is 20.3. The maximum Gasteiger partial charge on any atom is 0.482 e. The normalized spacial score (nSPS) is 47.8. The van der Waals surface area contributed by atoms with Gasteiger partial charge in [-0.15, -0.1) is 0 Å². The van der Waals surface area contributed by atoms with E-state index >= 15 is 0 Å². The van der Waals surface area contributed by atoms with E-state index in [1.807, 2.05) is 6.92 Å². The van der Waals surface area contributed by atoms with Crippen molar-refractivity contribution >= 4 is 23.6 Å². The van der Waals surface area contributed by atoms with Gasteiger partial charge in [0.05, 0.1) is 54.9 Å². The van der Waals surface area contributed by atoms with E-state index in [2.05, 4.69) is 18.6 Å². The number of hydrogen-bond acceptors (Lipinski definition) is 16. The van der Waals surface area contributed by atoms with Gasteiger partial charge in [0.15, 0.2) is 25.0 Å². The molecule has 4 aliphatic heterocycles. The summed E-state index contributed by atoms with van der Waals surface area (Å²) in [6.07, 6.45) is -0.648. The van der Waals surface area contributed by atoms with Crippen LogP contribution in [0.15, 0.2) is 11.6 Å². The van der Waals surface area contributed by atoms with Gasteiger partial charge in [-0.05, 0) is 120 Å². The van der Waals surface area contributed by atoms with Crippen LogP contribution < -0.4 is 0 Å². The molecule has 64 heavy (non-hydrogen) atoms. The predicted octanol–water partition coefficient (Wildman–Crippen LogP) is 3.03. The maximum atomic E-state index is 12.6. The third-order valence-corrected chi connectivity index (χ3v) is 16.8. The highest BCUT2D eigenvalue weighted by atomic mass is 16.7. The van der Waals surface area contributed by atoms with Crippen molar-refractivity contribution in [2.45, 2.75) is 204 Å². The quantitative estimate of drug-likeness (QED) is 0.0442. The van der Waals surface area contributed by atoms with Gasteiger partial charge in [-0.2, -0.15) is 4.79 Å². The molecule has 7 fully saturated rings. The molecule has 358 valence electrons. The molecule has 4 aliphatic carbocycles. The summed E-state index contributed by atoms with van der Waals surface area (Å²) in [5, 5.41) is 46.0. The van der Waals surface area contributed by atoms with Crippen LogP contribution in [0.3, 0.4) is 0 Å². The van der Waals surface area contributed by atoms with E-state index in [-0.39, 0.29) is 60.6 Å². The van der Waals surface area contributed by atoms with Crippen molar-refractivity contribution in [3.63, 3.8) is 0 Å². The fraction of sp³-hybridized carbons (Fsp3) is 0.870. The number of nitrogens with zero attached hydrogens (tertiary/aromatic N) is 2. The van der Waals surface area contributed by atoms with Crippen molar-refractivity contribution < 1.29 is 82.2 Å². The molecule has 4 heterocycles. The van der Waals surface area contributed by atoms with Crippen LogP contribution in [-0.4, -0.2) is 148 Å². The molecule has 8 rings (SSSR count). The van der Waals surface area contributed by atoms with E-state index in [1.165, 1.54) is 13.8 Å². The lowest BCUT2D eigenvalue weighted by Gasteiger charge is -2.64. The number of carbonyl (C=O) groups is 3. The van der Waals surface area contributed by atoms with E-state index in [0.717, 1.165) is 63.4 Å². The first-order chi connectivity index (χ1) is 30.4. The van der Waals surface area contributed by atoms with Crippen molar-refractivity contribution in [2.24, 2.45) is 34.5 Å². The topological polar surface area (TPSA) is 252 Å². The van der Waals surface area contributed by atoms with E-state index in [4.69, 9.17) is 48.2 Å². The third kappa shape index (κ3) is 8.75. The molecule has 4 saturated carbocycles. The maximum absolute atomic E-state index is 12.6. The van der Waals surface area contributed by atoms with E-state index < -0.39 is 97.1 Å². The number of cyclic esters (lactones) is 1. The van der Waals surface area contributed by atoms with E-state index in [0.29, 0.717) is 18.4 Å². The molecular formula is C46H68N2O16. The number of carbonyl (C=O) groups excluding carboxylic acids is 3. The summed E-state index contributed by atoms with van der Waals surface area (Å²) in [5.74, 6) is -1.47. The lowest BCUT2D eigenvalue weighted by Crippen LogP contribution is -2.62. The zero-order chi connectivity index (χ0) is 45.9. The highest BCUT2D eigenvalue weighted by molar-refractivity contribution is 6.60. The Bertz CT molecular complexity index is 1810. The number of rotatable bonds is 11. The van der Waals surface area contributed by atoms with Crippen LogP contribution >= 0.6 is 0 Å². The van der Waals surface area contributed by atoms with Crippen molar-refractivity contribution in [2.75, 3.05) is 13.2 Å². The van der Waals surface area contributed by atoms with Gasteiger partial charge in [-0.1, -0.05) is 13.8 Å². The number of aliphatic hydroxyl groups is 4. The Morgan fingerprint density at radius 3 is 1.91 bits per heavy atom. The second kappa shape index (κ2) is 18.7. The molecule has 0 spiro atoms. The van der Waals surface area contributed by atoms with Gasteiger partial charge < -0.3 is 68.6 Å². The molecule has 18 nitrogen and oxygen atoms in total. The molecule has 20 unspecified atom stereocenters. The summed E-state index contributed by atoms with van der Waals surface area (Å²) in [5.41, 5.74) is 8.27. The zero-order valence-electron chi connectivity index (χ0n) is 37.9. The molecule has 0 aromatic heterocycles. The van der Waals surface area contributed by atoms with Gasteiger partial charge in [0.2, 0.25) is 0 Å². The van der Waals surface area contributed by atoms with Crippen molar-refractivity contribution in [3.05, 3.63) is 17.2 Å². The standard InChI is InChI=1S/C46H68N2O16/c1-7-56-42(53)38(48-47)43(54)64-41-24(4)60-37(20-33(41)51)63-40-23(3)59-36(19-32(40)50)62-39-22(2)58-35(18-31(39)49)61-27-10-13-44(5)26(17-27)8-9-30-29(44)11-14-45(6)28(12-15-46(30,45)55)25-16-34(52)57-21-25/h16,22-24,26-33,35-37,39-41,49-51,55H,7-15,17-21H2,1-6H3. The molecule has 0 bridgehead atoms. The van der Waals surface area contributed by atoms with Crippen LogP contribution in [0.2, 0.25) is 0 Å². The second-order valence-electron chi connectivity index (χ2n) is 20.3. The van der Waals surface area contributed by atoms with Crippen molar-refractivity contribution in [1.82, 2.24) is 0 Å². The molecule has 8 aliphatic rings. The predicted molar refractivity (Wildman–Crippen MR) is 220 cm³/mol. The lowest BCUT2D eigenvalue weighted by atomic mass is 9.43. The van der Waals surface area contributed by atoms with E-state index in [9.17, 15) is 34.8 Å². The third-order valence-electron chi connectivity index (χ3n) is 16.8. The van der Waals surface area contributed by atoms with Crippen molar-refractivity contribution in [1.29, 1.82) is 0 Å². The first-order valence-corrected chi connectivity index (χ1v) is 23.6. The van der Waals surface area contributed by atoms with Crippen LogP contribution in [0.5, 0.6) is 0 Å². The van der Waals surface area contributed by atoms with E-state index in [1.54, 1.807) is 13.0 Å². The van der Waals surface area contributed by atoms with Crippen LogP contribution in [0.25, 0.3) is 5.53 Å². The summed E-state index contributed by atoms with van der Waals surface area (Å²) in [7, 11) is 0. The fourth-order valence-electron chi connectivity index (χ4n) is 13.5. The number of aliphatic hydroxyl groups excluding tert-OH is 3. The van der Waals surface area contributed by atoms with Gasteiger partial charge in [-0.25, -0.2) is 14.4 Å². The van der Waals surface area contributed by atoms with Gasteiger partial charge in [0.25, 0.3) is 0 Å². The largest absolute Gasteiger partial charge is 0.482 e. The number of hydrogen-bond donors (Lipinski definition) is 4. The minimum Gasteiger partial charge on any atom is -0.458 e. The molecule has 4 N–H and O–H groups in total. The smallest absolute Gasteiger partial charge is 0.458 e. The first-order valence-electron chi connectivity index (χ1n) is 23.6. The Hall–Kier alpha value is -2.87. The minimum atomic E-state index is -1.29. The number of ether oxygens (including phenoxy) is 9. The molecule has 0 aromatic rings. The molecule has 20 atom stereocenters. The number of esters is 3. The summed E-state index contributed by atoms with van der Waals surface area (Å²) in [6.45, 7) is 11.6. The molecule has 0 amide bonds. The molecular weight excluding hydrogens is 837 g/mol. The van der Waals surface area contributed by atoms with Gasteiger partial charge in [-0.3, -0.25) is 0 Å². The highest BCUT2D eigenvalue weighted by Crippen LogP contribution is 2.70. The lowest BCUT2D eigenvalue weighted by molar-refractivity contribution is -0.336. The zero-order valence-corrected chi connectivity index (χ0v) is 37.9. The minimum absolute atomic E-state index is 0.0163. The Balaban J connectivity index is 0.792.